The summed E-state index contributed by atoms with van der Waals surface area (Å²) in [4.78, 5) is 0. The van der Waals surface area contributed by atoms with Gasteiger partial charge in [-0.3, -0.25) is 0 Å². The summed E-state index contributed by atoms with van der Waals surface area (Å²) in [7, 11) is 0. The Bertz CT molecular complexity index is 662. The molecule has 2 aromatic carbocycles. The van der Waals surface area contributed by atoms with Crippen LogP contribution in [0.4, 0.5) is 8.78 Å². The molecule has 104 valence electrons. The Morgan fingerprint density at radius 1 is 1.15 bits per heavy atom. The molecule has 1 unspecified atom stereocenters. The number of fused-ring (bicyclic) bond motifs is 1. The number of hydrogen-bond donors (Lipinski definition) is 1. The second-order valence-corrected chi connectivity index (χ2v) is 5.66. The second-order valence-electron chi connectivity index (χ2n) is 4.80. The topological polar surface area (TPSA) is 35.2 Å². The first-order chi connectivity index (χ1) is 9.54. The van der Waals surface area contributed by atoms with E-state index in [1.165, 1.54) is 18.2 Å². The van der Waals surface area contributed by atoms with Crippen molar-refractivity contribution in [2.24, 2.45) is 5.73 Å². The third kappa shape index (κ3) is 2.43. The molecule has 0 aromatic heterocycles. The van der Waals surface area contributed by atoms with E-state index in [2.05, 4.69) is 15.9 Å². The molecule has 2 aromatic rings. The monoisotopic (exact) mass is 339 g/mol. The van der Waals surface area contributed by atoms with Crippen molar-refractivity contribution in [2.75, 3.05) is 0 Å². The Balaban J connectivity index is 1.96. The van der Waals surface area contributed by atoms with Gasteiger partial charge in [0, 0.05) is 24.1 Å². The highest BCUT2D eigenvalue weighted by atomic mass is 79.9. The van der Waals surface area contributed by atoms with Crippen LogP contribution in [0, 0.1) is 11.6 Å². The van der Waals surface area contributed by atoms with Crippen molar-refractivity contribution in [1.29, 1.82) is 0 Å². The highest BCUT2D eigenvalue weighted by Gasteiger charge is 2.27. The van der Waals surface area contributed by atoms with Crippen molar-refractivity contribution in [3.8, 4) is 5.75 Å². The van der Waals surface area contributed by atoms with Crippen molar-refractivity contribution in [3.63, 3.8) is 0 Å². The molecular formula is C15H12BrF2NO. The molecule has 0 radical (unpaired) electrons. The van der Waals surface area contributed by atoms with Gasteiger partial charge in [0.2, 0.25) is 0 Å². The molecule has 0 amide bonds. The lowest BCUT2D eigenvalue weighted by Gasteiger charge is -2.30. The molecule has 0 saturated heterocycles. The van der Waals surface area contributed by atoms with Gasteiger partial charge in [-0.05, 0) is 39.7 Å². The molecule has 1 aliphatic heterocycles. The number of rotatable bonds is 1. The fourth-order valence-corrected chi connectivity index (χ4v) is 2.64. The van der Waals surface area contributed by atoms with Gasteiger partial charge in [0.25, 0.3) is 0 Å². The van der Waals surface area contributed by atoms with Crippen LogP contribution in [-0.2, 0) is 0 Å². The molecule has 0 aliphatic carbocycles. The molecule has 3 rings (SSSR count). The third-order valence-electron chi connectivity index (χ3n) is 3.43. The van der Waals surface area contributed by atoms with Gasteiger partial charge in [-0.2, -0.15) is 0 Å². The molecule has 5 heteroatoms. The number of nitrogens with two attached hydrogens (primary N) is 1. The zero-order chi connectivity index (χ0) is 14.3. The molecule has 20 heavy (non-hydrogen) atoms. The van der Waals surface area contributed by atoms with E-state index in [1.54, 1.807) is 18.2 Å². The number of ether oxygens (including phenoxy) is 1. The summed E-state index contributed by atoms with van der Waals surface area (Å²) in [5.41, 5.74) is 7.56. The van der Waals surface area contributed by atoms with Crippen LogP contribution in [0.3, 0.4) is 0 Å². The van der Waals surface area contributed by atoms with E-state index < -0.39 is 0 Å². The van der Waals surface area contributed by atoms with E-state index >= 15 is 0 Å². The van der Waals surface area contributed by atoms with Gasteiger partial charge < -0.3 is 10.5 Å². The highest BCUT2D eigenvalue weighted by molar-refractivity contribution is 9.10. The van der Waals surface area contributed by atoms with Gasteiger partial charge in [0.15, 0.2) is 0 Å². The maximum absolute atomic E-state index is 13.6. The first kappa shape index (κ1) is 13.5. The van der Waals surface area contributed by atoms with E-state index in [4.69, 9.17) is 10.5 Å². The fourth-order valence-electron chi connectivity index (χ4n) is 2.39. The van der Waals surface area contributed by atoms with Crippen LogP contribution < -0.4 is 10.5 Å². The average Bonchev–Trinajstić information content (AvgIpc) is 2.41. The summed E-state index contributed by atoms with van der Waals surface area (Å²) in [5.74, 6) is -0.305. The van der Waals surface area contributed by atoms with Crippen LogP contribution in [0.2, 0.25) is 0 Å². The minimum atomic E-state index is -0.376. The Morgan fingerprint density at radius 3 is 2.70 bits per heavy atom. The van der Waals surface area contributed by atoms with E-state index in [0.29, 0.717) is 22.2 Å². The van der Waals surface area contributed by atoms with Crippen molar-refractivity contribution >= 4 is 15.9 Å². The summed E-state index contributed by atoms with van der Waals surface area (Å²) in [5, 5.41) is 0. The lowest BCUT2D eigenvalue weighted by atomic mass is 9.93. The highest BCUT2D eigenvalue weighted by Crippen LogP contribution is 2.40. The molecule has 1 aliphatic rings. The molecule has 0 saturated carbocycles. The minimum absolute atomic E-state index is 0.254. The minimum Gasteiger partial charge on any atom is -0.485 e. The van der Waals surface area contributed by atoms with Crippen LogP contribution in [0.5, 0.6) is 5.75 Å². The standard InChI is InChI=1S/C15H12BrF2NO/c16-11-4-1-8(5-12(11)18)14-7-13(19)10-3-2-9(17)6-15(10)20-14/h1-6,13-14H,7,19H2/t13-,14?/m1/s1. The summed E-state index contributed by atoms with van der Waals surface area (Å²) in [6, 6.07) is 8.86. The molecule has 2 nitrogen and oxygen atoms in total. The van der Waals surface area contributed by atoms with Crippen LogP contribution in [0.1, 0.15) is 29.7 Å². The molecule has 1 heterocycles. The van der Waals surface area contributed by atoms with Crippen molar-refractivity contribution < 1.29 is 13.5 Å². The molecule has 2 atom stereocenters. The molecule has 0 spiro atoms. The summed E-state index contributed by atoms with van der Waals surface area (Å²) in [6.07, 6.45) is 0.154. The number of hydrogen-bond acceptors (Lipinski definition) is 2. The first-order valence-electron chi connectivity index (χ1n) is 6.21. The fraction of sp³-hybridized carbons (Fsp3) is 0.200. The van der Waals surface area contributed by atoms with Gasteiger partial charge in [-0.15, -0.1) is 0 Å². The molecular weight excluding hydrogens is 328 g/mol. The quantitative estimate of drug-likeness (QED) is 0.842. The van der Waals surface area contributed by atoms with Crippen molar-refractivity contribution in [1.82, 2.24) is 0 Å². The second kappa shape index (κ2) is 5.14. The van der Waals surface area contributed by atoms with E-state index in [0.717, 1.165) is 5.56 Å². The molecule has 0 bridgehead atoms. The Morgan fingerprint density at radius 2 is 1.95 bits per heavy atom. The van der Waals surface area contributed by atoms with E-state index in [1.807, 2.05) is 0 Å². The zero-order valence-corrected chi connectivity index (χ0v) is 12.0. The first-order valence-corrected chi connectivity index (χ1v) is 7.00. The van der Waals surface area contributed by atoms with Crippen LogP contribution in [-0.4, -0.2) is 0 Å². The van der Waals surface area contributed by atoms with Gasteiger partial charge in [0.05, 0.1) is 4.47 Å². The molecule has 2 N–H and O–H groups in total. The van der Waals surface area contributed by atoms with E-state index in [9.17, 15) is 8.78 Å². The van der Waals surface area contributed by atoms with Gasteiger partial charge in [0.1, 0.15) is 23.5 Å². The largest absolute Gasteiger partial charge is 0.485 e. The maximum atomic E-state index is 13.6. The van der Waals surface area contributed by atoms with Gasteiger partial charge >= 0.3 is 0 Å². The van der Waals surface area contributed by atoms with Crippen LogP contribution in [0.15, 0.2) is 40.9 Å². The molecule has 0 fully saturated rings. The normalized spacial score (nSPS) is 21.2. The lowest BCUT2D eigenvalue weighted by Crippen LogP contribution is -2.24. The number of halogens is 3. The van der Waals surface area contributed by atoms with Gasteiger partial charge in [-0.1, -0.05) is 12.1 Å². The van der Waals surface area contributed by atoms with E-state index in [-0.39, 0.29) is 23.8 Å². The summed E-state index contributed by atoms with van der Waals surface area (Å²) in [6.45, 7) is 0. The Kier molecular flexibility index (Phi) is 3.48. The van der Waals surface area contributed by atoms with Crippen molar-refractivity contribution in [2.45, 2.75) is 18.6 Å². The third-order valence-corrected chi connectivity index (χ3v) is 4.07. The zero-order valence-electron chi connectivity index (χ0n) is 10.4. The number of benzene rings is 2. The van der Waals surface area contributed by atoms with Gasteiger partial charge in [-0.25, -0.2) is 8.78 Å². The predicted octanol–water partition coefficient (Wildman–Crippen LogP) is 4.25. The summed E-state index contributed by atoms with van der Waals surface area (Å²) < 4.78 is 33.0. The maximum Gasteiger partial charge on any atom is 0.137 e. The SMILES string of the molecule is N[C@@H]1CC(c2ccc(Br)c(F)c2)Oc2cc(F)ccc21. The van der Waals surface area contributed by atoms with Crippen molar-refractivity contribution in [3.05, 3.63) is 63.6 Å². The van der Waals surface area contributed by atoms with Crippen LogP contribution >= 0.6 is 15.9 Å². The Labute approximate surface area is 123 Å². The average molecular weight is 340 g/mol. The lowest BCUT2D eigenvalue weighted by molar-refractivity contribution is 0.160. The van der Waals surface area contributed by atoms with Crippen LogP contribution in [0.25, 0.3) is 0 Å². The predicted molar refractivity (Wildman–Crippen MR) is 75.4 cm³/mol. The summed E-state index contributed by atoms with van der Waals surface area (Å²) >= 11 is 3.11. The Hall–Kier alpha value is -1.46. The smallest absolute Gasteiger partial charge is 0.137 e.